The molecule has 1 aromatic heterocycles. The zero-order valence-corrected chi connectivity index (χ0v) is 15.0. The highest BCUT2D eigenvalue weighted by Crippen LogP contribution is 2.24. The number of anilines is 3. The largest absolute Gasteiger partial charge is 0.384 e. The van der Waals surface area contributed by atoms with Crippen molar-refractivity contribution in [1.82, 2.24) is 14.9 Å². The smallest absolute Gasteiger partial charge is 0.141 e. The van der Waals surface area contributed by atoms with Gasteiger partial charge in [0.25, 0.3) is 0 Å². The molecule has 0 amide bonds. The first kappa shape index (κ1) is 17.6. The maximum absolute atomic E-state index is 13.4. The van der Waals surface area contributed by atoms with Gasteiger partial charge in [-0.25, -0.2) is 14.4 Å². The standard InChI is InChI=1S/C20H22FN5O/c21-15-1-6-18-19(13-15)23-14-24-20(18)25-17-4-2-16(3-5-17)22-7-8-26-9-11-27-12-10-26/h1-6,13-14,22H,7-12H2,(H,23,24,25). The molecule has 2 N–H and O–H groups in total. The van der Waals surface area contributed by atoms with Crippen molar-refractivity contribution in [3.8, 4) is 0 Å². The molecule has 1 aliphatic rings. The van der Waals surface area contributed by atoms with Crippen LogP contribution in [0.25, 0.3) is 10.9 Å². The first-order valence-corrected chi connectivity index (χ1v) is 9.09. The van der Waals surface area contributed by atoms with Crippen molar-refractivity contribution in [2.75, 3.05) is 50.0 Å². The molecule has 1 saturated heterocycles. The van der Waals surface area contributed by atoms with E-state index in [1.807, 2.05) is 24.3 Å². The molecule has 140 valence electrons. The van der Waals surface area contributed by atoms with E-state index in [4.69, 9.17) is 4.74 Å². The fraction of sp³-hybridized carbons (Fsp3) is 0.300. The fourth-order valence-corrected chi connectivity index (χ4v) is 3.12. The fourth-order valence-electron chi connectivity index (χ4n) is 3.12. The van der Waals surface area contributed by atoms with E-state index >= 15 is 0 Å². The Balaban J connectivity index is 1.36. The molecule has 0 saturated carbocycles. The molecular formula is C20H22FN5O. The molecule has 0 radical (unpaired) electrons. The third-order valence-electron chi connectivity index (χ3n) is 4.61. The summed E-state index contributed by atoms with van der Waals surface area (Å²) < 4.78 is 18.7. The zero-order chi connectivity index (χ0) is 18.5. The third-order valence-corrected chi connectivity index (χ3v) is 4.61. The second kappa shape index (κ2) is 8.28. The van der Waals surface area contributed by atoms with E-state index in [-0.39, 0.29) is 5.82 Å². The van der Waals surface area contributed by atoms with Crippen LogP contribution < -0.4 is 10.6 Å². The highest BCUT2D eigenvalue weighted by Gasteiger charge is 2.09. The molecule has 2 heterocycles. The summed E-state index contributed by atoms with van der Waals surface area (Å²) in [7, 11) is 0. The molecule has 2 aromatic carbocycles. The Bertz CT molecular complexity index is 897. The topological polar surface area (TPSA) is 62.3 Å². The van der Waals surface area contributed by atoms with Crippen LogP contribution in [0.4, 0.5) is 21.6 Å². The lowest BCUT2D eigenvalue weighted by atomic mass is 10.2. The van der Waals surface area contributed by atoms with Crippen molar-refractivity contribution >= 4 is 28.1 Å². The predicted octanol–water partition coefficient (Wildman–Crippen LogP) is 3.26. The van der Waals surface area contributed by atoms with E-state index in [0.717, 1.165) is 56.2 Å². The van der Waals surface area contributed by atoms with Crippen LogP contribution in [0.1, 0.15) is 0 Å². The number of rotatable bonds is 6. The van der Waals surface area contributed by atoms with Gasteiger partial charge in [-0.2, -0.15) is 0 Å². The van der Waals surface area contributed by atoms with E-state index in [2.05, 4.69) is 25.5 Å². The summed E-state index contributed by atoms with van der Waals surface area (Å²) in [5.74, 6) is 0.354. The normalized spacial score (nSPS) is 15.0. The van der Waals surface area contributed by atoms with Crippen molar-refractivity contribution in [3.05, 3.63) is 54.6 Å². The molecule has 0 aliphatic carbocycles. The van der Waals surface area contributed by atoms with Crippen LogP contribution in [-0.4, -0.2) is 54.3 Å². The van der Waals surface area contributed by atoms with Crippen LogP contribution in [0.5, 0.6) is 0 Å². The third kappa shape index (κ3) is 4.50. The molecule has 1 fully saturated rings. The molecule has 0 atom stereocenters. The van der Waals surface area contributed by atoms with Gasteiger partial charge in [0.15, 0.2) is 0 Å². The Labute approximate surface area is 157 Å². The van der Waals surface area contributed by atoms with Gasteiger partial charge in [-0.3, -0.25) is 4.90 Å². The van der Waals surface area contributed by atoms with E-state index < -0.39 is 0 Å². The maximum atomic E-state index is 13.4. The zero-order valence-electron chi connectivity index (χ0n) is 15.0. The number of hydrogen-bond acceptors (Lipinski definition) is 6. The predicted molar refractivity (Wildman–Crippen MR) is 105 cm³/mol. The van der Waals surface area contributed by atoms with E-state index in [1.165, 1.54) is 18.5 Å². The average Bonchev–Trinajstić information content (AvgIpc) is 2.70. The SMILES string of the molecule is Fc1ccc2c(Nc3ccc(NCCN4CCOCC4)cc3)ncnc2c1. The molecule has 0 unspecified atom stereocenters. The van der Waals surface area contributed by atoms with E-state index in [0.29, 0.717) is 11.3 Å². The van der Waals surface area contributed by atoms with Crippen molar-refractivity contribution in [2.45, 2.75) is 0 Å². The van der Waals surface area contributed by atoms with Crippen molar-refractivity contribution in [1.29, 1.82) is 0 Å². The Hall–Kier alpha value is -2.77. The quantitative estimate of drug-likeness (QED) is 0.697. The van der Waals surface area contributed by atoms with Crippen LogP contribution in [0.15, 0.2) is 48.8 Å². The molecule has 27 heavy (non-hydrogen) atoms. The Morgan fingerprint density at radius 3 is 2.59 bits per heavy atom. The molecule has 7 heteroatoms. The second-order valence-electron chi connectivity index (χ2n) is 6.47. The maximum Gasteiger partial charge on any atom is 0.141 e. The first-order chi connectivity index (χ1) is 13.3. The number of nitrogens with one attached hydrogen (secondary N) is 2. The summed E-state index contributed by atoms with van der Waals surface area (Å²) in [5, 5.41) is 7.50. The van der Waals surface area contributed by atoms with Gasteiger partial charge in [0.1, 0.15) is 18.0 Å². The van der Waals surface area contributed by atoms with Gasteiger partial charge in [-0.1, -0.05) is 0 Å². The molecule has 4 rings (SSSR count). The van der Waals surface area contributed by atoms with Gasteiger partial charge in [-0.05, 0) is 36.4 Å². The molecule has 6 nitrogen and oxygen atoms in total. The van der Waals surface area contributed by atoms with Crippen LogP contribution in [0.3, 0.4) is 0 Å². The number of aromatic nitrogens is 2. The summed E-state index contributed by atoms with van der Waals surface area (Å²) in [6.07, 6.45) is 1.44. The van der Waals surface area contributed by atoms with Gasteiger partial charge in [0.05, 0.1) is 18.7 Å². The van der Waals surface area contributed by atoms with Crippen LogP contribution >= 0.6 is 0 Å². The monoisotopic (exact) mass is 367 g/mol. The summed E-state index contributed by atoms with van der Waals surface area (Å²) in [6, 6.07) is 12.6. The van der Waals surface area contributed by atoms with Crippen LogP contribution in [0, 0.1) is 5.82 Å². The number of benzene rings is 2. The van der Waals surface area contributed by atoms with Crippen molar-refractivity contribution in [3.63, 3.8) is 0 Å². The summed E-state index contributed by atoms with van der Waals surface area (Å²) in [5.41, 5.74) is 2.57. The minimum absolute atomic E-state index is 0.306. The molecule has 0 spiro atoms. The van der Waals surface area contributed by atoms with Crippen molar-refractivity contribution in [2.24, 2.45) is 0 Å². The number of fused-ring (bicyclic) bond motifs is 1. The van der Waals surface area contributed by atoms with Gasteiger partial charge in [0.2, 0.25) is 0 Å². The minimum Gasteiger partial charge on any atom is -0.384 e. The summed E-state index contributed by atoms with van der Waals surface area (Å²) in [6.45, 7) is 5.56. The summed E-state index contributed by atoms with van der Waals surface area (Å²) >= 11 is 0. The Kier molecular flexibility index (Phi) is 5.41. The highest BCUT2D eigenvalue weighted by atomic mass is 19.1. The van der Waals surface area contributed by atoms with Crippen LogP contribution in [0.2, 0.25) is 0 Å². The number of hydrogen-bond donors (Lipinski definition) is 2. The van der Waals surface area contributed by atoms with Gasteiger partial charge in [0, 0.05) is 49.0 Å². The molecule has 1 aliphatic heterocycles. The first-order valence-electron chi connectivity index (χ1n) is 9.09. The summed E-state index contributed by atoms with van der Waals surface area (Å²) in [4.78, 5) is 10.8. The van der Waals surface area contributed by atoms with E-state index in [9.17, 15) is 4.39 Å². The van der Waals surface area contributed by atoms with Gasteiger partial charge >= 0.3 is 0 Å². The van der Waals surface area contributed by atoms with Gasteiger partial charge < -0.3 is 15.4 Å². The highest BCUT2D eigenvalue weighted by molar-refractivity contribution is 5.90. The Morgan fingerprint density at radius 2 is 1.78 bits per heavy atom. The average molecular weight is 367 g/mol. The molecular weight excluding hydrogens is 345 g/mol. The number of nitrogens with zero attached hydrogens (tertiary/aromatic N) is 3. The second-order valence-corrected chi connectivity index (χ2v) is 6.47. The lowest BCUT2D eigenvalue weighted by Gasteiger charge is -2.26. The number of ether oxygens (including phenoxy) is 1. The number of halogens is 1. The lowest BCUT2D eigenvalue weighted by Crippen LogP contribution is -2.38. The lowest BCUT2D eigenvalue weighted by molar-refractivity contribution is 0.0398. The minimum atomic E-state index is -0.306. The van der Waals surface area contributed by atoms with Gasteiger partial charge in [-0.15, -0.1) is 0 Å². The van der Waals surface area contributed by atoms with Crippen molar-refractivity contribution < 1.29 is 9.13 Å². The van der Waals surface area contributed by atoms with Crippen LogP contribution in [-0.2, 0) is 4.74 Å². The molecule has 0 bridgehead atoms. The Morgan fingerprint density at radius 1 is 1.00 bits per heavy atom. The van der Waals surface area contributed by atoms with E-state index in [1.54, 1.807) is 6.07 Å². The number of morpholine rings is 1. The molecule has 3 aromatic rings.